The molecule has 1 aliphatic carbocycles. The fourth-order valence-corrected chi connectivity index (χ4v) is 1.92. The van der Waals surface area contributed by atoms with Gasteiger partial charge in [-0.2, -0.15) is 0 Å². The SMILES string of the molecule is CC(OCc1ccccc1)C(=O)NCC(N)C1CC1. The number of carbonyl (C=O) groups excluding carboxylic acids is 1. The standard InChI is InChI=1S/C15H22N2O2/c1-11(19-10-12-5-3-2-4-6-12)15(18)17-9-14(16)13-7-8-13/h2-6,11,13-14H,7-10,16H2,1H3,(H,17,18). The Morgan fingerprint density at radius 2 is 2.11 bits per heavy atom. The Balaban J connectivity index is 1.67. The molecule has 1 fully saturated rings. The third-order valence-electron chi connectivity index (χ3n) is 3.45. The van der Waals surface area contributed by atoms with Gasteiger partial charge >= 0.3 is 0 Å². The summed E-state index contributed by atoms with van der Waals surface area (Å²) in [6.45, 7) is 2.76. The lowest BCUT2D eigenvalue weighted by molar-refractivity contribution is -0.132. The lowest BCUT2D eigenvalue weighted by Crippen LogP contribution is -2.42. The van der Waals surface area contributed by atoms with Crippen LogP contribution < -0.4 is 11.1 Å². The first-order chi connectivity index (χ1) is 9.16. The van der Waals surface area contributed by atoms with Crippen molar-refractivity contribution in [2.75, 3.05) is 6.54 Å². The Kier molecular flexibility index (Phi) is 4.93. The molecule has 1 aromatic carbocycles. The molecule has 1 aliphatic rings. The summed E-state index contributed by atoms with van der Waals surface area (Å²) >= 11 is 0. The number of ether oxygens (including phenoxy) is 1. The van der Waals surface area contributed by atoms with E-state index in [-0.39, 0.29) is 11.9 Å². The van der Waals surface area contributed by atoms with Gasteiger partial charge in [0, 0.05) is 12.6 Å². The summed E-state index contributed by atoms with van der Waals surface area (Å²) in [6.07, 6.45) is 1.93. The second-order valence-corrected chi connectivity index (χ2v) is 5.19. The normalized spacial score (nSPS) is 17.8. The number of amides is 1. The summed E-state index contributed by atoms with van der Waals surface area (Å²) in [4.78, 5) is 11.8. The van der Waals surface area contributed by atoms with Crippen LogP contribution in [0.15, 0.2) is 30.3 Å². The average Bonchev–Trinajstić information content (AvgIpc) is 3.27. The molecule has 0 radical (unpaired) electrons. The van der Waals surface area contributed by atoms with Crippen LogP contribution >= 0.6 is 0 Å². The second-order valence-electron chi connectivity index (χ2n) is 5.19. The van der Waals surface area contributed by atoms with E-state index in [9.17, 15) is 4.79 Å². The Morgan fingerprint density at radius 3 is 2.74 bits per heavy atom. The van der Waals surface area contributed by atoms with Gasteiger partial charge < -0.3 is 15.8 Å². The van der Waals surface area contributed by atoms with Gasteiger partial charge in [-0.05, 0) is 31.2 Å². The molecule has 0 bridgehead atoms. The molecule has 2 unspecified atom stereocenters. The molecule has 2 rings (SSSR count). The number of hydrogen-bond donors (Lipinski definition) is 2. The summed E-state index contributed by atoms with van der Waals surface area (Å²) < 4.78 is 5.55. The van der Waals surface area contributed by atoms with Gasteiger partial charge in [0.15, 0.2) is 0 Å². The quantitative estimate of drug-likeness (QED) is 0.781. The third kappa shape index (κ3) is 4.65. The summed E-state index contributed by atoms with van der Waals surface area (Å²) in [5.41, 5.74) is 7.00. The van der Waals surface area contributed by atoms with Crippen molar-refractivity contribution in [1.29, 1.82) is 0 Å². The van der Waals surface area contributed by atoms with Crippen molar-refractivity contribution in [3.8, 4) is 0 Å². The largest absolute Gasteiger partial charge is 0.364 e. The summed E-state index contributed by atoms with van der Waals surface area (Å²) in [6, 6.07) is 9.92. The highest BCUT2D eigenvalue weighted by atomic mass is 16.5. The van der Waals surface area contributed by atoms with Crippen LogP contribution in [0.3, 0.4) is 0 Å². The number of nitrogens with one attached hydrogen (secondary N) is 1. The zero-order chi connectivity index (χ0) is 13.7. The van der Waals surface area contributed by atoms with Crippen LogP contribution in [-0.4, -0.2) is 24.6 Å². The minimum atomic E-state index is -0.452. The molecule has 1 amide bonds. The van der Waals surface area contributed by atoms with Crippen molar-refractivity contribution in [3.63, 3.8) is 0 Å². The highest BCUT2D eigenvalue weighted by molar-refractivity contribution is 5.80. The van der Waals surface area contributed by atoms with E-state index in [0.717, 1.165) is 5.56 Å². The maximum Gasteiger partial charge on any atom is 0.248 e. The molecule has 3 N–H and O–H groups in total. The first kappa shape index (κ1) is 14.0. The topological polar surface area (TPSA) is 64.3 Å². The zero-order valence-corrected chi connectivity index (χ0v) is 11.3. The van der Waals surface area contributed by atoms with E-state index >= 15 is 0 Å². The first-order valence-corrected chi connectivity index (χ1v) is 6.85. The molecular weight excluding hydrogens is 240 g/mol. The molecular formula is C15H22N2O2. The second kappa shape index (κ2) is 6.68. The first-order valence-electron chi connectivity index (χ1n) is 6.85. The Bertz CT molecular complexity index is 404. The smallest absolute Gasteiger partial charge is 0.248 e. The van der Waals surface area contributed by atoms with E-state index in [0.29, 0.717) is 19.1 Å². The van der Waals surface area contributed by atoms with E-state index in [4.69, 9.17) is 10.5 Å². The van der Waals surface area contributed by atoms with E-state index in [1.165, 1.54) is 12.8 Å². The highest BCUT2D eigenvalue weighted by Crippen LogP contribution is 2.31. The molecule has 4 heteroatoms. The van der Waals surface area contributed by atoms with Crippen molar-refractivity contribution in [1.82, 2.24) is 5.32 Å². The number of carbonyl (C=O) groups is 1. The Labute approximate surface area is 114 Å². The van der Waals surface area contributed by atoms with E-state index in [2.05, 4.69) is 5.32 Å². The monoisotopic (exact) mass is 262 g/mol. The fourth-order valence-electron chi connectivity index (χ4n) is 1.92. The van der Waals surface area contributed by atoms with Gasteiger partial charge in [0.2, 0.25) is 5.91 Å². The van der Waals surface area contributed by atoms with Crippen molar-refractivity contribution < 1.29 is 9.53 Å². The number of nitrogens with two attached hydrogens (primary N) is 1. The molecule has 1 saturated carbocycles. The predicted molar refractivity (Wildman–Crippen MR) is 74.4 cm³/mol. The zero-order valence-electron chi connectivity index (χ0n) is 11.3. The van der Waals surface area contributed by atoms with E-state index < -0.39 is 6.10 Å². The van der Waals surface area contributed by atoms with Crippen LogP contribution in [0.5, 0.6) is 0 Å². The van der Waals surface area contributed by atoms with Crippen molar-refractivity contribution >= 4 is 5.91 Å². The van der Waals surface area contributed by atoms with E-state index in [1.807, 2.05) is 30.3 Å². The number of rotatable bonds is 7. The van der Waals surface area contributed by atoms with Crippen LogP contribution in [0.25, 0.3) is 0 Å². The summed E-state index contributed by atoms with van der Waals surface area (Å²) in [5.74, 6) is 0.507. The van der Waals surface area contributed by atoms with E-state index in [1.54, 1.807) is 6.92 Å². The summed E-state index contributed by atoms with van der Waals surface area (Å²) in [7, 11) is 0. The fraction of sp³-hybridized carbons (Fsp3) is 0.533. The van der Waals surface area contributed by atoms with Gasteiger partial charge in [0.25, 0.3) is 0 Å². The van der Waals surface area contributed by atoms with Crippen LogP contribution in [0.1, 0.15) is 25.3 Å². The third-order valence-corrected chi connectivity index (χ3v) is 3.45. The van der Waals surface area contributed by atoms with Gasteiger partial charge in [0.05, 0.1) is 6.61 Å². The molecule has 0 aliphatic heterocycles. The maximum absolute atomic E-state index is 11.8. The van der Waals surface area contributed by atoms with Gasteiger partial charge in [-0.3, -0.25) is 4.79 Å². The van der Waals surface area contributed by atoms with Gasteiger partial charge in [-0.25, -0.2) is 0 Å². The Hall–Kier alpha value is -1.39. The molecule has 0 spiro atoms. The molecule has 0 aromatic heterocycles. The molecule has 104 valence electrons. The van der Waals surface area contributed by atoms with Gasteiger partial charge in [0.1, 0.15) is 6.10 Å². The van der Waals surface area contributed by atoms with Crippen molar-refractivity contribution in [3.05, 3.63) is 35.9 Å². The van der Waals surface area contributed by atoms with Crippen LogP contribution in [-0.2, 0) is 16.1 Å². The van der Waals surface area contributed by atoms with Gasteiger partial charge in [-0.1, -0.05) is 30.3 Å². The molecule has 0 heterocycles. The van der Waals surface area contributed by atoms with Crippen molar-refractivity contribution in [2.24, 2.45) is 11.7 Å². The number of benzene rings is 1. The maximum atomic E-state index is 11.8. The minimum Gasteiger partial charge on any atom is -0.364 e. The van der Waals surface area contributed by atoms with Crippen LogP contribution in [0.2, 0.25) is 0 Å². The molecule has 0 saturated heterocycles. The van der Waals surface area contributed by atoms with Crippen LogP contribution in [0.4, 0.5) is 0 Å². The summed E-state index contributed by atoms with van der Waals surface area (Å²) in [5, 5.41) is 2.85. The lowest BCUT2D eigenvalue weighted by atomic mass is 10.2. The average molecular weight is 262 g/mol. The predicted octanol–water partition coefficient (Wildman–Crippen LogP) is 1.45. The molecule has 1 aromatic rings. The van der Waals surface area contributed by atoms with Crippen molar-refractivity contribution in [2.45, 2.75) is 38.5 Å². The van der Waals surface area contributed by atoms with Crippen LogP contribution in [0, 0.1) is 5.92 Å². The molecule has 19 heavy (non-hydrogen) atoms. The minimum absolute atomic E-state index is 0.0882. The number of hydrogen-bond acceptors (Lipinski definition) is 3. The van der Waals surface area contributed by atoms with Gasteiger partial charge in [-0.15, -0.1) is 0 Å². The molecule has 2 atom stereocenters. The Morgan fingerprint density at radius 1 is 1.42 bits per heavy atom. The lowest BCUT2D eigenvalue weighted by Gasteiger charge is -2.16. The highest BCUT2D eigenvalue weighted by Gasteiger charge is 2.28. The molecule has 4 nitrogen and oxygen atoms in total.